The summed E-state index contributed by atoms with van der Waals surface area (Å²) in [6.45, 7) is 3.19. The van der Waals surface area contributed by atoms with Gasteiger partial charge in [0.25, 0.3) is 0 Å². The van der Waals surface area contributed by atoms with Gasteiger partial charge in [-0.25, -0.2) is 0 Å². The minimum atomic E-state index is -5.03. The van der Waals surface area contributed by atoms with Crippen LogP contribution in [0.3, 0.4) is 0 Å². The number of aryl methyl sites for hydroxylation is 1. The Morgan fingerprint density at radius 3 is 2.10 bits per heavy atom. The van der Waals surface area contributed by atoms with Gasteiger partial charge in [-0.3, -0.25) is 4.79 Å². The summed E-state index contributed by atoms with van der Waals surface area (Å²) >= 11 is 0. The fraction of sp³-hybridized carbons (Fsp3) is 0.259. The minimum absolute atomic E-state index is 0. The molecule has 0 radical (unpaired) electrons. The number of rotatable bonds is 5. The zero-order valence-corrected chi connectivity index (χ0v) is 23.1. The van der Waals surface area contributed by atoms with Crippen LogP contribution in [-0.2, 0) is 51.4 Å². The quantitative estimate of drug-likeness (QED) is 0.119. The van der Waals surface area contributed by atoms with E-state index in [1.165, 1.54) is 51.2 Å². The van der Waals surface area contributed by atoms with Gasteiger partial charge in [0.1, 0.15) is 0 Å². The summed E-state index contributed by atoms with van der Waals surface area (Å²) in [6, 6.07) is 9.11. The van der Waals surface area contributed by atoms with Crippen molar-refractivity contribution in [2.75, 3.05) is 0 Å². The maximum absolute atomic E-state index is 13.6. The number of ketones is 1. The van der Waals surface area contributed by atoms with Crippen molar-refractivity contribution in [1.82, 2.24) is 4.98 Å². The van der Waals surface area contributed by atoms with E-state index in [-0.39, 0.29) is 62.0 Å². The average molecular weight is 736 g/mol. The molecule has 0 saturated heterocycles. The molecule has 2 aromatic carbocycles. The Hall–Kier alpha value is -3.01. The molecule has 0 atom stereocenters. The number of pyridine rings is 1. The number of hydrogen-bond donors (Lipinski definition) is 3. The molecule has 0 fully saturated rings. The number of alkyl halides is 6. The van der Waals surface area contributed by atoms with Gasteiger partial charge in [0.15, 0.2) is 5.78 Å². The van der Waals surface area contributed by atoms with E-state index >= 15 is 0 Å². The largest absolute Gasteiger partial charge is 0.512 e. The molecule has 3 N–H and O–H groups in total. The fourth-order valence-electron chi connectivity index (χ4n) is 3.61. The number of allylic oxidation sites excluding steroid dienone is 2. The third-order valence-electron chi connectivity index (χ3n) is 5.13. The zero-order valence-electron chi connectivity index (χ0n) is 20.8. The predicted octanol–water partition coefficient (Wildman–Crippen LogP) is 6.58. The molecule has 12 heteroatoms. The van der Waals surface area contributed by atoms with Crippen LogP contribution in [0.1, 0.15) is 41.7 Å². The van der Waals surface area contributed by atoms with Crippen LogP contribution in [0.2, 0.25) is 0 Å². The van der Waals surface area contributed by atoms with Crippen molar-refractivity contribution in [2.45, 2.75) is 46.3 Å². The molecule has 5 nitrogen and oxygen atoms in total. The van der Waals surface area contributed by atoms with Gasteiger partial charge in [0.2, 0.25) is 0 Å². The van der Waals surface area contributed by atoms with E-state index < -0.39 is 35.6 Å². The SMILES string of the molecule is CC(=O)/C=C(/C)O.Cc1cc(C(F)(F)F)cc(C(F)(F)F)c1-c1c[c-]c(-c2cc(CO)ccn2)c(CO)c1.[Pt]. The summed E-state index contributed by atoms with van der Waals surface area (Å²) in [4.78, 5) is 14.1. The number of aromatic nitrogens is 1. The summed E-state index contributed by atoms with van der Waals surface area (Å²) in [5, 5.41) is 27.4. The van der Waals surface area contributed by atoms with Crippen LogP contribution in [0.25, 0.3) is 22.4 Å². The van der Waals surface area contributed by atoms with E-state index in [2.05, 4.69) is 11.1 Å². The number of aliphatic hydroxyl groups is 3. The third kappa shape index (κ3) is 9.30. The molecule has 0 saturated carbocycles. The Bertz CT molecular complexity index is 1330. The molecule has 3 aromatic rings. The fourth-order valence-corrected chi connectivity index (χ4v) is 3.61. The Morgan fingerprint density at radius 1 is 1.00 bits per heavy atom. The zero-order chi connectivity index (χ0) is 28.8. The number of aliphatic hydroxyl groups excluding tert-OH is 3. The second-order valence-electron chi connectivity index (χ2n) is 8.26. The number of halogens is 6. The monoisotopic (exact) mass is 735 g/mol. The van der Waals surface area contributed by atoms with E-state index in [9.17, 15) is 41.4 Å². The van der Waals surface area contributed by atoms with Crippen molar-refractivity contribution in [3.63, 3.8) is 0 Å². The molecule has 0 unspecified atom stereocenters. The van der Waals surface area contributed by atoms with Gasteiger partial charge in [-0.2, -0.15) is 26.3 Å². The summed E-state index contributed by atoms with van der Waals surface area (Å²) < 4.78 is 80.1. The first kappa shape index (κ1) is 34.0. The smallest absolute Gasteiger partial charge is 0.416 e. The summed E-state index contributed by atoms with van der Waals surface area (Å²) in [5.41, 5.74) is -2.13. The van der Waals surface area contributed by atoms with Gasteiger partial charge >= 0.3 is 12.4 Å². The number of hydrogen-bond acceptors (Lipinski definition) is 5. The molecule has 39 heavy (non-hydrogen) atoms. The Morgan fingerprint density at radius 2 is 1.64 bits per heavy atom. The van der Waals surface area contributed by atoms with Crippen molar-refractivity contribution in [3.05, 3.63) is 88.3 Å². The third-order valence-corrected chi connectivity index (χ3v) is 5.13. The summed E-state index contributed by atoms with van der Waals surface area (Å²) in [7, 11) is 0. The summed E-state index contributed by atoms with van der Waals surface area (Å²) in [6.07, 6.45) is -7.37. The molecule has 214 valence electrons. The van der Waals surface area contributed by atoms with Crippen LogP contribution in [-0.4, -0.2) is 26.1 Å². The van der Waals surface area contributed by atoms with Crippen LogP contribution in [0.4, 0.5) is 26.3 Å². The van der Waals surface area contributed by atoms with Crippen molar-refractivity contribution in [1.29, 1.82) is 0 Å². The predicted molar refractivity (Wildman–Crippen MR) is 128 cm³/mol. The second-order valence-corrected chi connectivity index (χ2v) is 8.26. The van der Waals surface area contributed by atoms with Crippen LogP contribution >= 0.6 is 0 Å². The second kappa shape index (κ2) is 13.9. The number of benzene rings is 2. The number of nitrogens with zero attached hydrogens (tertiary/aromatic N) is 1. The molecule has 0 aliphatic carbocycles. The minimum Gasteiger partial charge on any atom is -0.512 e. The maximum Gasteiger partial charge on any atom is 0.416 e. The maximum atomic E-state index is 13.6. The standard InChI is InChI=1S/C22H16F6NO2.C5H8O2.Pt/c1-12-6-16(21(23,24)25)9-18(22(26,27)28)20(12)14-2-3-17(15(8-14)11-31)19-7-13(10-30)4-5-29-19;1-4(6)3-5(2)7;/h2,4-9,30-31H,10-11H2,1H3;3,6H,1-2H3;/q-1;;/b;4-3-;. The molecule has 0 aliphatic rings. The Balaban J connectivity index is 0.000000841. The van der Waals surface area contributed by atoms with Crippen LogP contribution < -0.4 is 0 Å². The van der Waals surface area contributed by atoms with Gasteiger partial charge in [-0.1, -0.05) is 17.2 Å². The van der Waals surface area contributed by atoms with E-state index in [1.807, 2.05) is 0 Å². The molecule has 3 rings (SSSR count). The molecule has 0 aliphatic heterocycles. The van der Waals surface area contributed by atoms with E-state index in [0.717, 1.165) is 0 Å². The van der Waals surface area contributed by atoms with Gasteiger partial charge in [-0.15, -0.1) is 29.3 Å². The first-order chi connectivity index (χ1) is 17.6. The van der Waals surface area contributed by atoms with Gasteiger partial charge in [0, 0.05) is 39.9 Å². The van der Waals surface area contributed by atoms with Crippen LogP contribution in [0.5, 0.6) is 0 Å². The van der Waals surface area contributed by atoms with Crippen LogP contribution in [0.15, 0.2) is 54.4 Å². The van der Waals surface area contributed by atoms with E-state index in [1.54, 1.807) is 6.07 Å². The molecule has 0 bridgehead atoms. The van der Waals surface area contributed by atoms with E-state index in [0.29, 0.717) is 22.9 Å². The van der Waals surface area contributed by atoms with E-state index in [4.69, 9.17) is 5.11 Å². The molecule has 0 spiro atoms. The van der Waals surface area contributed by atoms with Crippen LogP contribution in [0, 0.1) is 13.0 Å². The average Bonchev–Trinajstić information content (AvgIpc) is 2.81. The van der Waals surface area contributed by atoms with Crippen molar-refractivity contribution in [2.24, 2.45) is 0 Å². The molecular weight excluding hydrogens is 711 g/mol. The summed E-state index contributed by atoms with van der Waals surface area (Å²) in [5.74, 6) is -0.0625. The van der Waals surface area contributed by atoms with Crippen molar-refractivity contribution in [3.8, 4) is 22.4 Å². The molecular formula is C27H24F6NO4Pt-. The van der Waals surface area contributed by atoms with Gasteiger partial charge < -0.3 is 20.3 Å². The topological polar surface area (TPSA) is 90.7 Å². The Labute approximate surface area is 235 Å². The molecule has 1 heterocycles. The van der Waals surface area contributed by atoms with Crippen molar-refractivity contribution >= 4 is 5.78 Å². The van der Waals surface area contributed by atoms with Crippen molar-refractivity contribution < 1.29 is 67.5 Å². The number of carbonyl (C=O) groups excluding carboxylic acids is 1. The normalized spacial score (nSPS) is 11.8. The molecule has 1 aromatic heterocycles. The first-order valence-electron chi connectivity index (χ1n) is 11.0. The van der Waals surface area contributed by atoms with Gasteiger partial charge in [-0.05, 0) is 55.8 Å². The molecule has 0 amide bonds. The van der Waals surface area contributed by atoms with Gasteiger partial charge in [0.05, 0.1) is 23.5 Å². The Kier molecular flexibility index (Phi) is 12.1. The number of carbonyl (C=O) groups is 1. The first-order valence-corrected chi connectivity index (χ1v) is 11.0.